The largest absolute Gasteiger partial charge is 0.346 e. The highest BCUT2D eigenvalue weighted by Gasteiger charge is 2.31. The molecule has 146 valence electrons. The van der Waals surface area contributed by atoms with Crippen molar-refractivity contribution in [1.29, 1.82) is 0 Å². The Morgan fingerprint density at radius 3 is 2.79 bits per heavy atom. The highest BCUT2D eigenvalue weighted by atomic mass is 32.1. The van der Waals surface area contributed by atoms with Crippen LogP contribution in [0.4, 0.5) is 9.52 Å². The summed E-state index contributed by atoms with van der Waals surface area (Å²) in [7, 11) is 0. The molecule has 0 radical (unpaired) electrons. The van der Waals surface area contributed by atoms with Crippen molar-refractivity contribution in [2.75, 3.05) is 31.1 Å². The SMILES string of the molecule is O=c1cccnn1-c1ccc2nc(N3CC[C@@H](N4CCC([18F])CC4)C3)sc2c1. The first-order valence-corrected chi connectivity index (χ1v) is 10.6. The Bertz CT molecular complexity index is 1040. The van der Waals surface area contributed by atoms with Gasteiger partial charge < -0.3 is 4.90 Å². The van der Waals surface area contributed by atoms with Gasteiger partial charge in [0.05, 0.1) is 15.9 Å². The van der Waals surface area contributed by atoms with Crippen LogP contribution in [-0.2, 0) is 0 Å². The lowest BCUT2D eigenvalue weighted by molar-refractivity contribution is 0.119. The molecule has 0 aliphatic carbocycles. The fourth-order valence-electron chi connectivity index (χ4n) is 4.17. The van der Waals surface area contributed by atoms with E-state index >= 15 is 0 Å². The van der Waals surface area contributed by atoms with Gasteiger partial charge in [0.25, 0.3) is 5.56 Å². The summed E-state index contributed by atoms with van der Waals surface area (Å²) in [6, 6.07) is 9.44. The predicted octanol–water partition coefficient (Wildman–Crippen LogP) is 2.85. The van der Waals surface area contributed by atoms with Gasteiger partial charge >= 0.3 is 0 Å². The van der Waals surface area contributed by atoms with Gasteiger partial charge in [0.2, 0.25) is 0 Å². The summed E-state index contributed by atoms with van der Waals surface area (Å²) in [4.78, 5) is 21.6. The minimum absolute atomic E-state index is 0.147. The summed E-state index contributed by atoms with van der Waals surface area (Å²) in [5.74, 6) is 0. The molecule has 2 aliphatic heterocycles. The van der Waals surface area contributed by atoms with E-state index in [0.717, 1.165) is 53.6 Å². The van der Waals surface area contributed by atoms with Gasteiger partial charge in [-0.1, -0.05) is 11.3 Å². The van der Waals surface area contributed by atoms with Crippen LogP contribution in [0.2, 0.25) is 0 Å². The van der Waals surface area contributed by atoms with E-state index in [0.29, 0.717) is 18.9 Å². The van der Waals surface area contributed by atoms with Crippen LogP contribution >= 0.6 is 11.3 Å². The number of fused-ring (bicyclic) bond motifs is 1. The molecule has 1 aromatic carbocycles. The topological polar surface area (TPSA) is 54.3 Å². The molecule has 2 fully saturated rings. The van der Waals surface area contributed by atoms with Gasteiger partial charge in [0.15, 0.2) is 5.13 Å². The molecule has 1 atom stereocenters. The zero-order valence-electron chi connectivity index (χ0n) is 15.5. The molecule has 2 aliphatic rings. The summed E-state index contributed by atoms with van der Waals surface area (Å²) in [6.07, 6.45) is 3.40. The summed E-state index contributed by atoms with van der Waals surface area (Å²) < 4.78 is 15.9. The van der Waals surface area contributed by atoms with Gasteiger partial charge in [0.1, 0.15) is 6.17 Å². The van der Waals surface area contributed by atoms with Gasteiger partial charge in [-0.15, -0.1) is 0 Å². The molecule has 3 aromatic rings. The third-order valence-corrected chi connectivity index (χ3v) is 6.81. The number of benzene rings is 1. The maximum absolute atomic E-state index is 13.4. The second kappa shape index (κ2) is 7.25. The quantitative estimate of drug-likeness (QED) is 0.679. The van der Waals surface area contributed by atoms with Gasteiger partial charge in [0, 0.05) is 44.5 Å². The number of halogens is 1. The summed E-state index contributed by atoms with van der Waals surface area (Å²) in [6.45, 7) is 3.65. The number of aromatic nitrogens is 3. The molecule has 5 rings (SSSR count). The number of rotatable bonds is 3. The lowest BCUT2D eigenvalue weighted by Gasteiger charge is -2.33. The number of anilines is 1. The first-order valence-electron chi connectivity index (χ1n) is 9.76. The van der Waals surface area contributed by atoms with Crippen LogP contribution in [0, 0.1) is 0 Å². The zero-order valence-corrected chi connectivity index (χ0v) is 16.3. The molecule has 2 saturated heterocycles. The third kappa shape index (κ3) is 3.31. The van der Waals surface area contributed by atoms with E-state index in [9.17, 15) is 9.18 Å². The average Bonchev–Trinajstić information content (AvgIpc) is 3.35. The Kier molecular flexibility index (Phi) is 4.60. The molecular formula is C20H22FN5OS. The van der Waals surface area contributed by atoms with Gasteiger partial charge in [-0.25, -0.2) is 9.37 Å². The van der Waals surface area contributed by atoms with Crippen LogP contribution in [0.15, 0.2) is 41.3 Å². The van der Waals surface area contributed by atoms with Crippen LogP contribution in [0.5, 0.6) is 0 Å². The molecule has 6 nitrogen and oxygen atoms in total. The van der Waals surface area contributed by atoms with Crippen LogP contribution in [0.3, 0.4) is 0 Å². The number of alkyl halides is 1. The molecule has 0 saturated carbocycles. The number of piperidine rings is 1. The minimum Gasteiger partial charge on any atom is -0.346 e. The van der Waals surface area contributed by atoms with Crippen molar-refractivity contribution in [3.05, 3.63) is 46.9 Å². The number of hydrogen-bond acceptors (Lipinski definition) is 6. The maximum Gasteiger partial charge on any atom is 0.271 e. The van der Waals surface area contributed by atoms with Crippen LogP contribution in [0.25, 0.3) is 15.9 Å². The summed E-state index contributed by atoms with van der Waals surface area (Å²) in [5.41, 5.74) is 1.54. The van der Waals surface area contributed by atoms with Crippen molar-refractivity contribution >= 4 is 26.7 Å². The second-order valence-corrected chi connectivity index (χ2v) is 8.53. The highest BCUT2D eigenvalue weighted by molar-refractivity contribution is 7.22. The number of likely N-dealkylation sites (tertiary alicyclic amines) is 1. The standard InChI is InChI=1S/C20H22FN5OS/c21-14-5-9-24(10-6-14)16-7-11-25(13-16)20-23-17-4-3-15(12-18(17)28-20)26-19(27)2-1-8-22-26/h1-4,8,12,14,16H,5-7,9-11,13H2/t16-/m1/s1/i21-1. The maximum atomic E-state index is 13.4. The lowest BCUT2D eigenvalue weighted by Crippen LogP contribution is -2.43. The Balaban J connectivity index is 1.36. The molecule has 8 heteroatoms. The second-order valence-electron chi connectivity index (χ2n) is 7.52. The van der Waals surface area contributed by atoms with Crippen molar-refractivity contribution in [2.45, 2.75) is 31.5 Å². The number of hydrogen-bond donors (Lipinski definition) is 0. The summed E-state index contributed by atoms with van der Waals surface area (Å²) in [5, 5.41) is 5.17. The van der Waals surface area contributed by atoms with E-state index in [1.54, 1.807) is 23.6 Å². The monoisotopic (exact) mass is 398 g/mol. The zero-order chi connectivity index (χ0) is 19.1. The van der Waals surface area contributed by atoms with Gasteiger partial charge in [-0.3, -0.25) is 9.69 Å². The van der Waals surface area contributed by atoms with Crippen molar-refractivity contribution in [1.82, 2.24) is 19.7 Å². The van der Waals surface area contributed by atoms with E-state index in [1.165, 1.54) is 10.7 Å². The molecule has 0 spiro atoms. The fourth-order valence-corrected chi connectivity index (χ4v) is 5.20. The highest BCUT2D eigenvalue weighted by Crippen LogP contribution is 2.33. The Morgan fingerprint density at radius 2 is 1.96 bits per heavy atom. The first kappa shape index (κ1) is 17.8. The number of thiazole rings is 1. The molecule has 2 aromatic heterocycles. The Hall–Kier alpha value is -2.32. The molecule has 0 amide bonds. The average molecular weight is 398 g/mol. The van der Waals surface area contributed by atoms with Crippen molar-refractivity contribution in [3.63, 3.8) is 0 Å². The smallest absolute Gasteiger partial charge is 0.271 e. The van der Waals surface area contributed by atoms with Crippen molar-refractivity contribution in [2.24, 2.45) is 0 Å². The summed E-state index contributed by atoms with van der Waals surface area (Å²) >= 11 is 1.65. The normalized spacial score (nSPS) is 21.6. The number of nitrogens with zero attached hydrogens (tertiary/aromatic N) is 5. The van der Waals surface area contributed by atoms with Gasteiger partial charge in [-0.05, 0) is 43.5 Å². The van der Waals surface area contributed by atoms with E-state index in [-0.39, 0.29) is 5.56 Å². The Labute approximate surface area is 166 Å². The molecule has 4 heterocycles. The molecule has 0 bridgehead atoms. The van der Waals surface area contributed by atoms with E-state index in [2.05, 4.69) is 14.9 Å². The fraction of sp³-hybridized carbons (Fsp3) is 0.450. The van der Waals surface area contributed by atoms with Crippen LogP contribution in [0.1, 0.15) is 19.3 Å². The molecular weight excluding hydrogens is 376 g/mol. The van der Waals surface area contributed by atoms with Crippen LogP contribution in [-0.4, -0.2) is 58.1 Å². The molecule has 28 heavy (non-hydrogen) atoms. The van der Waals surface area contributed by atoms with E-state index < -0.39 is 6.17 Å². The molecule has 0 unspecified atom stereocenters. The van der Waals surface area contributed by atoms with Gasteiger partial charge in [-0.2, -0.15) is 9.78 Å². The molecule has 0 N–H and O–H groups in total. The minimum atomic E-state index is -0.626. The van der Waals surface area contributed by atoms with Crippen molar-refractivity contribution < 1.29 is 4.39 Å². The van der Waals surface area contributed by atoms with E-state index in [4.69, 9.17) is 4.98 Å². The first-order chi connectivity index (χ1) is 13.7. The predicted molar refractivity (Wildman–Crippen MR) is 109 cm³/mol. The van der Waals surface area contributed by atoms with Crippen molar-refractivity contribution in [3.8, 4) is 5.69 Å². The Morgan fingerprint density at radius 1 is 1.11 bits per heavy atom. The van der Waals surface area contributed by atoms with Crippen LogP contribution < -0.4 is 10.5 Å². The lowest BCUT2D eigenvalue weighted by atomic mass is 10.1. The third-order valence-electron chi connectivity index (χ3n) is 5.73. The van der Waals surface area contributed by atoms with E-state index in [1.807, 2.05) is 18.2 Å².